The van der Waals surface area contributed by atoms with E-state index in [-0.39, 0.29) is 6.15 Å². The van der Waals surface area contributed by atoms with Crippen LogP contribution in [0.4, 0.5) is 0 Å². The lowest BCUT2D eigenvalue weighted by Gasteiger charge is -2.04. The molecule has 48 valence electrons. The zero-order chi connectivity index (χ0) is 5.86. The lowest BCUT2D eigenvalue weighted by molar-refractivity contribution is 0.520. The Morgan fingerprint density at radius 1 is 1.25 bits per heavy atom. The average Bonchev–Trinajstić information content (AvgIpc) is 1.65. The van der Waals surface area contributed by atoms with Gasteiger partial charge in [0.15, 0.2) is 0 Å². The predicted octanol–water partition coefficient (Wildman–Crippen LogP) is 2.07. The number of hydrogen-bond acceptors (Lipinski definition) is 1. The minimum atomic E-state index is 0. The molecule has 0 rings (SSSR count). The summed E-state index contributed by atoms with van der Waals surface area (Å²) in [6, 6.07) is 0. The molecule has 0 saturated carbocycles. The Bertz CT molecular complexity index is 78.9. The Labute approximate surface area is 52.1 Å². The Balaban J connectivity index is 0. The van der Waals surface area contributed by atoms with E-state index in [1.54, 1.807) is 0 Å². The summed E-state index contributed by atoms with van der Waals surface area (Å²) in [5.74, 6) is 3.72. The van der Waals surface area contributed by atoms with Gasteiger partial charge in [0, 0.05) is 5.92 Å². The van der Waals surface area contributed by atoms with Gasteiger partial charge in [-0.3, -0.25) is 0 Å². The fourth-order valence-corrected chi connectivity index (χ4v) is 0.192. The highest BCUT2D eigenvalue weighted by Gasteiger charge is 1.99. The first-order valence-corrected chi connectivity index (χ1v) is 2.64. The van der Waals surface area contributed by atoms with E-state index in [1.165, 1.54) is 0 Å². The first kappa shape index (κ1) is 10.5. The molecule has 0 aromatic carbocycles. The highest BCUT2D eigenvalue weighted by molar-refractivity contribution is 4.91. The van der Waals surface area contributed by atoms with Crippen LogP contribution in [-0.4, -0.2) is 0 Å². The third kappa shape index (κ3) is 3.70. The Hall–Kier alpha value is -0.480. The normalized spacial score (nSPS) is 11.9. The molecule has 0 radical (unpaired) electrons. The number of rotatable bonds is 1. The number of hydrogen-bond donors (Lipinski definition) is 1. The molecule has 8 heavy (non-hydrogen) atoms. The second-order valence-corrected chi connectivity index (χ2v) is 2.20. The molecule has 0 saturated heterocycles. The van der Waals surface area contributed by atoms with E-state index in [0.29, 0.717) is 11.8 Å². The van der Waals surface area contributed by atoms with E-state index >= 15 is 0 Å². The van der Waals surface area contributed by atoms with Crippen molar-refractivity contribution in [3.63, 3.8) is 0 Å². The second kappa shape index (κ2) is 4.67. The van der Waals surface area contributed by atoms with Crippen LogP contribution in [0.1, 0.15) is 20.8 Å². The predicted molar refractivity (Wildman–Crippen MR) is 37.9 cm³/mol. The van der Waals surface area contributed by atoms with Crippen molar-refractivity contribution in [2.24, 2.45) is 11.8 Å². The maximum Gasteiger partial charge on any atom is 0.0194 e. The summed E-state index contributed by atoms with van der Waals surface area (Å²) in [6.07, 6.45) is 5.12. The molecular formula is C7H15N. The standard InChI is InChI=1S/C7H12.H3N/c1-5-7(4)6(2)3;/h1,6-7H,2-4H3;1H3. The van der Waals surface area contributed by atoms with E-state index in [4.69, 9.17) is 6.42 Å². The maximum absolute atomic E-state index is 5.12. The van der Waals surface area contributed by atoms with Crippen LogP contribution in [-0.2, 0) is 0 Å². The van der Waals surface area contributed by atoms with Crippen molar-refractivity contribution >= 4 is 0 Å². The zero-order valence-corrected chi connectivity index (χ0v) is 5.94. The van der Waals surface area contributed by atoms with Gasteiger partial charge < -0.3 is 6.15 Å². The molecule has 0 bridgehead atoms. The van der Waals surface area contributed by atoms with E-state index in [0.717, 1.165) is 0 Å². The van der Waals surface area contributed by atoms with E-state index in [1.807, 2.05) is 0 Å². The molecular weight excluding hydrogens is 98.1 g/mol. The van der Waals surface area contributed by atoms with Gasteiger partial charge in [0.25, 0.3) is 0 Å². The molecule has 0 spiro atoms. The van der Waals surface area contributed by atoms with Crippen LogP contribution in [0.15, 0.2) is 0 Å². The Morgan fingerprint density at radius 3 is 1.62 bits per heavy atom. The van der Waals surface area contributed by atoms with E-state index in [2.05, 4.69) is 26.7 Å². The van der Waals surface area contributed by atoms with Gasteiger partial charge in [0.2, 0.25) is 0 Å². The van der Waals surface area contributed by atoms with Crippen molar-refractivity contribution < 1.29 is 0 Å². The first-order valence-electron chi connectivity index (χ1n) is 2.64. The molecule has 0 aliphatic heterocycles. The van der Waals surface area contributed by atoms with Crippen molar-refractivity contribution in [3.8, 4) is 12.3 Å². The summed E-state index contributed by atoms with van der Waals surface area (Å²) in [7, 11) is 0. The van der Waals surface area contributed by atoms with Crippen molar-refractivity contribution in [2.75, 3.05) is 0 Å². The van der Waals surface area contributed by atoms with Crippen molar-refractivity contribution in [1.29, 1.82) is 0 Å². The second-order valence-electron chi connectivity index (χ2n) is 2.20. The first-order chi connectivity index (χ1) is 3.18. The maximum atomic E-state index is 5.12. The SMILES string of the molecule is C#CC(C)C(C)C.N. The van der Waals surface area contributed by atoms with Crippen LogP contribution in [0.5, 0.6) is 0 Å². The fraction of sp³-hybridized carbons (Fsp3) is 0.714. The van der Waals surface area contributed by atoms with Crippen LogP contribution < -0.4 is 6.15 Å². The molecule has 0 aliphatic carbocycles. The van der Waals surface area contributed by atoms with Gasteiger partial charge in [-0.25, -0.2) is 0 Å². The van der Waals surface area contributed by atoms with Crippen LogP contribution in [0.3, 0.4) is 0 Å². The minimum Gasteiger partial charge on any atom is -0.344 e. The quantitative estimate of drug-likeness (QED) is 0.519. The third-order valence-electron chi connectivity index (χ3n) is 1.26. The summed E-state index contributed by atoms with van der Waals surface area (Å²) >= 11 is 0. The van der Waals surface area contributed by atoms with Crippen molar-refractivity contribution in [1.82, 2.24) is 6.15 Å². The van der Waals surface area contributed by atoms with Gasteiger partial charge in [0.1, 0.15) is 0 Å². The summed E-state index contributed by atoms with van der Waals surface area (Å²) in [4.78, 5) is 0. The van der Waals surface area contributed by atoms with Gasteiger partial charge in [-0.2, -0.15) is 0 Å². The largest absolute Gasteiger partial charge is 0.344 e. The molecule has 1 unspecified atom stereocenters. The molecule has 0 amide bonds. The Morgan fingerprint density at radius 2 is 1.62 bits per heavy atom. The number of terminal acetylenes is 1. The summed E-state index contributed by atoms with van der Waals surface area (Å²) in [5, 5.41) is 0. The molecule has 1 nitrogen and oxygen atoms in total. The summed E-state index contributed by atoms with van der Waals surface area (Å²) < 4.78 is 0. The molecule has 0 aromatic heterocycles. The van der Waals surface area contributed by atoms with E-state index < -0.39 is 0 Å². The van der Waals surface area contributed by atoms with Crippen LogP contribution >= 0.6 is 0 Å². The highest BCUT2D eigenvalue weighted by atomic mass is 14.0. The molecule has 0 aliphatic rings. The molecule has 1 heteroatoms. The lowest BCUT2D eigenvalue weighted by Crippen LogP contribution is -1.98. The van der Waals surface area contributed by atoms with Gasteiger partial charge in [-0.15, -0.1) is 12.3 Å². The van der Waals surface area contributed by atoms with Crippen LogP contribution in [0.25, 0.3) is 0 Å². The third-order valence-corrected chi connectivity index (χ3v) is 1.26. The fourth-order valence-electron chi connectivity index (χ4n) is 0.192. The van der Waals surface area contributed by atoms with Gasteiger partial charge in [-0.05, 0) is 5.92 Å². The smallest absolute Gasteiger partial charge is 0.0194 e. The summed E-state index contributed by atoms with van der Waals surface area (Å²) in [5.41, 5.74) is 0. The van der Waals surface area contributed by atoms with E-state index in [9.17, 15) is 0 Å². The molecule has 0 heterocycles. The topological polar surface area (TPSA) is 35.0 Å². The summed E-state index contributed by atoms with van der Waals surface area (Å²) in [6.45, 7) is 6.32. The monoisotopic (exact) mass is 113 g/mol. The van der Waals surface area contributed by atoms with Gasteiger partial charge in [-0.1, -0.05) is 20.8 Å². The van der Waals surface area contributed by atoms with Crippen molar-refractivity contribution in [2.45, 2.75) is 20.8 Å². The van der Waals surface area contributed by atoms with Crippen molar-refractivity contribution in [3.05, 3.63) is 0 Å². The van der Waals surface area contributed by atoms with Gasteiger partial charge >= 0.3 is 0 Å². The Kier molecular flexibility index (Phi) is 6.13. The minimum absolute atomic E-state index is 0. The van der Waals surface area contributed by atoms with Gasteiger partial charge in [0.05, 0.1) is 0 Å². The lowest BCUT2D eigenvalue weighted by atomic mass is 10.00. The van der Waals surface area contributed by atoms with Crippen LogP contribution in [0.2, 0.25) is 0 Å². The molecule has 0 aromatic rings. The highest BCUT2D eigenvalue weighted by Crippen LogP contribution is 2.05. The molecule has 1 atom stereocenters. The van der Waals surface area contributed by atoms with Crippen LogP contribution in [0, 0.1) is 24.2 Å². The molecule has 3 N–H and O–H groups in total. The molecule has 0 fully saturated rings. The zero-order valence-electron chi connectivity index (χ0n) is 5.94. The average molecular weight is 113 g/mol.